The summed E-state index contributed by atoms with van der Waals surface area (Å²) in [4.78, 5) is 25.4. The standard InChI is InChI=1S/C19H19F3N2O3/c1-13(25)24(15-9-7-14(8-10-15)19(20,21)22)12-11-23-18(26)16-5-3-4-6-17(16)27-2/h3-10H,11-12H2,1-2H3,(H,23,26). The Morgan fingerprint density at radius 3 is 2.26 bits per heavy atom. The molecular weight excluding hydrogens is 361 g/mol. The molecule has 0 heterocycles. The normalized spacial score (nSPS) is 11.0. The highest BCUT2D eigenvalue weighted by atomic mass is 19.4. The van der Waals surface area contributed by atoms with Gasteiger partial charge in [0.1, 0.15) is 5.75 Å². The van der Waals surface area contributed by atoms with Gasteiger partial charge in [-0.1, -0.05) is 12.1 Å². The monoisotopic (exact) mass is 380 g/mol. The molecule has 2 rings (SSSR count). The molecule has 27 heavy (non-hydrogen) atoms. The minimum absolute atomic E-state index is 0.113. The number of ether oxygens (including phenoxy) is 1. The van der Waals surface area contributed by atoms with Gasteiger partial charge in [-0.25, -0.2) is 0 Å². The van der Waals surface area contributed by atoms with E-state index in [9.17, 15) is 22.8 Å². The van der Waals surface area contributed by atoms with E-state index < -0.39 is 11.7 Å². The molecule has 0 spiro atoms. The van der Waals surface area contributed by atoms with Gasteiger partial charge in [-0.15, -0.1) is 0 Å². The number of anilines is 1. The zero-order chi connectivity index (χ0) is 20.0. The van der Waals surface area contributed by atoms with Crippen LogP contribution in [-0.2, 0) is 11.0 Å². The maximum absolute atomic E-state index is 12.7. The molecule has 2 amide bonds. The fourth-order valence-corrected chi connectivity index (χ4v) is 2.51. The summed E-state index contributed by atoms with van der Waals surface area (Å²) in [5.41, 5.74) is -0.120. The fourth-order valence-electron chi connectivity index (χ4n) is 2.51. The number of rotatable bonds is 6. The first-order chi connectivity index (χ1) is 12.7. The van der Waals surface area contributed by atoms with Crippen LogP contribution < -0.4 is 15.0 Å². The van der Waals surface area contributed by atoms with Crippen molar-refractivity contribution in [2.45, 2.75) is 13.1 Å². The van der Waals surface area contributed by atoms with Gasteiger partial charge in [0.05, 0.1) is 18.2 Å². The summed E-state index contributed by atoms with van der Waals surface area (Å²) in [5.74, 6) is -0.300. The second kappa shape index (κ2) is 8.57. The quantitative estimate of drug-likeness (QED) is 0.835. The number of halogens is 3. The molecule has 0 atom stereocenters. The zero-order valence-corrected chi connectivity index (χ0v) is 14.8. The molecule has 0 aliphatic rings. The van der Waals surface area contributed by atoms with Crippen LogP contribution in [0.2, 0.25) is 0 Å². The molecule has 0 unspecified atom stereocenters. The number of alkyl halides is 3. The van der Waals surface area contributed by atoms with Crippen molar-refractivity contribution in [3.05, 3.63) is 59.7 Å². The second-order valence-corrected chi connectivity index (χ2v) is 5.67. The number of para-hydroxylation sites is 1. The Morgan fingerprint density at radius 2 is 1.70 bits per heavy atom. The molecule has 0 saturated carbocycles. The molecule has 0 aliphatic heterocycles. The summed E-state index contributed by atoms with van der Waals surface area (Å²) in [5, 5.41) is 2.67. The van der Waals surface area contributed by atoms with Gasteiger partial charge in [0.25, 0.3) is 5.91 Å². The molecule has 0 radical (unpaired) electrons. The van der Waals surface area contributed by atoms with Gasteiger partial charge in [0.15, 0.2) is 0 Å². The van der Waals surface area contributed by atoms with E-state index in [-0.39, 0.29) is 24.9 Å². The molecule has 2 aromatic rings. The highest BCUT2D eigenvalue weighted by Gasteiger charge is 2.30. The van der Waals surface area contributed by atoms with Crippen LogP contribution in [0.5, 0.6) is 5.75 Å². The zero-order valence-electron chi connectivity index (χ0n) is 14.8. The Kier molecular flexibility index (Phi) is 6.44. The third-order valence-corrected chi connectivity index (χ3v) is 3.86. The van der Waals surface area contributed by atoms with Crippen LogP contribution in [0, 0.1) is 0 Å². The number of nitrogens with zero attached hydrogens (tertiary/aromatic N) is 1. The number of hydrogen-bond donors (Lipinski definition) is 1. The highest BCUT2D eigenvalue weighted by molar-refractivity contribution is 5.97. The topological polar surface area (TPSA) is 58.6 Å². The molecule has 8 heteroatoms. The highest BCUT2D eigenvalue weighted by Crippen LogP contribution is 2.30. The number of carbonyl (C=O) groups excluding carboxylic acids is 2. The predicted molar refractivity (Wildman–Crippen MR) is 94.8 cm³/mol. The van der Waals surface area contributed by atoms with Gasteiger partial charge in [-0.05, 0) is 36.4 Å². The number of carbonyl (C=O) groups is 2. The lowest BCUT2D eigenvalue weighted by Gasteiger charge is -2.22. The lowest BCUT2D eigenvalue weighted by atomic mass is 10.2. The van der Waals surface area contributed by atoms with Crippen molar-refractivity contribution in [1.29, 1.82) is 0 Å². The minimum Gasteiger partial charge on any atom is -0.496 e. The van der Waals surface area contributed by atoms with Crippen molar-refractivity contribution in [3.8, 4) is 5.75 Å². The molecule has 144 valence electrons. The van der Waals surface area contributed by atoms with Crippen LogP contribution in [0.4, 0.5) is 18.9 Å². The number of benzene rings is 2. The average molecular weight is 380 g/mol. The summed E-state index contributed by atoms with van der Waals surface area (Å²) >= 11 is 0. The van der Waals surface area contributed by atoms with Gasteiger partial charge in [0.2, 0.25) is 5.91 Å². The summed E-state index contributed by atoms with van der Waals surface area (Å²) in [7, 11) is 1.45. The maximum atomic E-state index is 12.7. The van der Waals surface area contributed by atoms with Crippen LogP contribution in [0.3, 0.4) is 0 Å². The second-order valence-electron chi connectivity index (χ2n) is 5.67. The molecular formula is C19H19F3N2O3. The number of nitrogens with one attached hydrogen (secondary N) is 1. The first kappa shape index (κ1) is 20.3. The number of methoxy groups -OCH3 is 1. The average Bonchev–Trinajstić information content (AvgIpc) is 2.64. The molecule has 1 N–H and O–H groups in total. The summed E-state index contributed by atoms with van der Waals surface area (Å²) in [6.07, 6.45) is -4.44. The predicted octanol–water partition coefficient (Wildman–Crippen LogP) is 3.50. The maximum Gasteiger partial charge on any atom is 0.416 e. The lowest BCUT2D eigenvalue weighted by Crippen LogP contribution is -2.37. The van der Waals surface area contributed by atoms with Gasteiger partial charge in [-0.2, -0.15) is 13.2 Å². The van der Waals surface area contributed by atoms with Crippen LogP contribution in [0.25, 0.3) is 0 Å². The molecule has 0 aromatic heterocycles. The number of amides is 2. The van der Waals surface area contributed by atoms with E-state index in [1.807, 2.05) is 0 Å². The van der Waals surface area contributed by atoms with Crippen molar-refractivity contribution >= 4 is 17.5 Å². The van der Waals surface area contributed by atoms with Crippen molar-refractivity contribution in [3.63, 3.8) is 0 Å². The third kappa shape index (κ3) is 5.22. The smallest absolute Gasteiger partial charge is 0.416 e. The fraction of sp³-hybridized carbons (Fsp3) is 0.263. The minimum atomic E-state index is -4.44. The largest absolute Gasteiger partial charge is 0.496 e. The molecule has 0 bridgehead atoms. The number of hydrogen-bond acceptors (Lipinski definition) is 3. The van der Waals surface area contributed by atoms with Crippen LogP contribution in [-0.4, -0.2) is 32.0 Å². The van der Waals surface area contributed by atoms with Gasteiger partial charge in [-0.3, -0.25) is 9.59 Å². The molecule has 0 fully saturated rings. The van der Waals surface area contributed by atoms with Gasteiger partial charge < -0.3 is 15.0 Å². The molecule has 0 saturated heterocycles. The lowest BCUT2D eigenvalue weighted by molar-refractivity contribution is -0.137. The summed E-state index contributed by atoms with van der Waals surface area (Å²) in [6.45, 7) is 1.54. The Bertz CT molecular complexity index is 805. The van der Waals surface area contributed by atoms with Gasteiger partial charge >= 0.3 is 6.18 Å². The van der Waals surface area contributed by atoms with E-state index in [2.05, 4.69) is 5.32 Å². The molecule has 5 nitrogen and oxygen atoms in total. The summed E-state index contributed by atoms with van der Waals surface area (Å²) in [6, 6.07) is 11.0. The van der Waals surface area contributed by atoms with Crippen molar-refractivity contribution in [2.24, 2.45) is 0 Å². The van der Waals surface area contributed by atoms with Crippen LogP contribution in [0.1, 0.15) is 22.8 Å². The van der Waals surface area contributed by atoms with Crippen LogP contribution in [0.15, 0.2) is 48.5 Å². The van der Waals surface area contributed by atoms with Crippen molar-refractivity contribution < 1.29 is 27.5 Å². The van der Waals surface area contributed by atoms with E-state index in [1.165, 1.54) is 31.1 Å². The third-order valence-electron chi connectivity index (χ3n) is 3.86. The van der Waals surface area contributed by atoms with Crippen LogP contribution >= 0.6 is 0 Å². The van der Waals surface area contributed by atoms with E-state index in [0.717, 1.165) is 12.1 Å². The first-order valence-electron chi connectivity index (χ1n) is 8.10. The Hall–Kier alpha value is -3.03. The van der Waals surface area contributed by atoms with Crippen molar-refractivity contribution in [1.82, 2.24) is 5.32 Å². The molecule has 2 aromatic carbocycles. The van der Waals surface area contributed by atoms with E-state index >= 15 is 0 Å². The molecule has 0 aliphatic carbocycles. The SMILES string of the molecule is COc1ccccc1C(=O)NCCN(C(C)=O)c1ccc(C(F)(F)F)cc1. The summed E-state index contributed by atoms with van der Waals surface area (Å²) < 4.78 is 43.1. The van der Waals surface area contributed by atoms with Crippen molar-refractivity contribution in [2.75, 3.05) is 25.1 Å². The van der Waals surface area contributed by atoms with E-state index in [4.69, 9.17) is 4.74 Å². The Morgan fingerprint density at radius 1 is 1.07 bits per heavy atom. The first-order valence-corrected chi connectivity index (χ1v) is 8.10. The van der Waals surface area contributed by atoms with Gasteiger partial charge in [0, 0.05) is 25.7 Å². The Labute approximate surface area is 154 Å². The van der Waals surface area contributed by atoms with E-state index in [1.54, 1.807) is 24.3 Å². The Balaban J connectivity index is 2.03. The van der Waals surface area contributed by atoms with E-state index in [0.29, 0.717) is 17.0 Å².